The zero-order valence-electron chi connectivity index (χ0n) is 21.3. The average Bonchev–Trinajstić information content (AvgIpc) is 3.25. The van der Waals surface area contributed by atoms with Crippen LogP contribution in [0.4, 0.5) is 26.8 Å². The van der Waals surface area contributed by atoms with Gasteiger partial charge in [0, 0.05) is 36.3 Å². The van der Waals surface area contributed by atoms with Crippen LogP contribution >= 0.6 is 0 Å². The number of halogens is 1. The molecule has 0 spiro atoms. The molecule has 0 saturated carbocycles. The second-order valence-electron chi connectivity index (χ2n) is 10.8. The number of nitrogens with one attached hydrogen (secondary N) is 3. The molecule has 0 bridgehead atoms. The molecule has 2 aliphatic rings. The Morgan fingerprint density at radius 3 is 2.65 bits per heavy atom. The van der Waals surface area contributed by atoms with Gasteiger partial charge in [0.15, 0.2) is 17.5 Å². The Hall–Kier alpha value is -2.95. The summed E-state index contributed by atoms with van der Waals surface area (Å²) >= 11 is 0. The van der Waals surface area contributed by atoms with E-state index in [1.807, 2.05) is 37.5 Å². The van der Waals surface area contributed by atoms with Crippen LogP contribution in [-0.4, -0.2) is 78.7 Å². The molecule has 4 heterocycles. The first-order valence-corrected chi connectivity index (χ1v) is 11.7. The predicted molar refractivity (Wildman–Crippen MR) is 129 cm³/mol. The number of H-pyrrole nitrogens is 1. The number of carbonyl (C=O) groups excluding carboxylic acids is 1. The van der Waals surface area contributed by atoms with Crippen LogP contribution in [0.5, 0.6) is 0 Å². The Bertz CT molecular complexity index is 1080. The number of anilines is 3. The molecule has 186 valence electrons. The fourth-order valence-corrected chi connectivity index (χ4v) is 4.67. The number of carbonyl (C=O) groups is 1. The molecular formula is C23H36FN9O. The summed E-state index contributed by atoms with van der Waals surface area (Å²) in [6, 6.07) is 0.194. The van der Waals surface area contributed by atoms with Crippen molar-refractivity contribution in [3.63, 3.8) is 0 Å². The van der Waals surface area contributed by atoms with Crippen molar-refractivity contribution in [2.24, 2.45) is 0 Å². The van der Waals surface area contributed by atoms with E-state index in [4.69, 9.17) is 0 Å². The Morgan fingerprint density at radius 1 is 1.26 bits per heavy atom. The molecular weight excluding hydrogens is 437 g/mol. The molecule has 1 atom stereocenters. The van der Waals surface area contributed by atoms with Crippen molar-refractivity contribution in [3.05, 3.63) is 23.3 Å². The van der Waals surface area contributed by atoms with Gasteiger partial charge in [-0.3, -0.25) is 10.00 Å². The molecule has 2 aliphatic heterocycles. The number of hydrogen-bond donors (Lipinski definition) is 3. The summed E-state index contributed by atoms with van der Waals surface area (Å²) in [6.07, 6.45) is 1.13. The maximum absolute atomic E-state index is 14.5. The number of piperazine rings is 1. The molecule has 3 N–H and O–H groups in total. The van der Waals surface area contributed by atoms with Gasteiger partial charge >= 0.3 is 6.03 Å². The lowest BCUT2D eigenvalue weighted by Crippen LogP contribution is -2.65. The van der Waals surface area contributed by atoms with Crippen LogP contribution in [0.1, 0.15) is 59.7 Å². The van der Waals surface area contributed by atoms with Crippen LogP contribution in [0.15, 0.2) is 6.20 Å². The van der Waals surface area contributed by atoms with Crippen molar-refractivity contribution in [2.45, 2.75) is 78.2 Å². The quantitative estimate of drug-likeness (QED) is 0.624. The molecule has 0 aliphatic carbocycles. The molecule has 34 heavy (non-hydrogen) atoms. The SMILES string of the molecule is CC(C)Nc1ncc(F)c(Nc2n[nH]c3c2CN(C(=O)N2CC(C)(C)N(C)C[C@@H]2C)C3(C)C)n1. The van der Waals surface area contributed by atoms with E-state index in [0.29, 0.717) is 24.9 Å². The first-order valence-electron chi connectivity index (χ1n) is 11.7. The van der Waals surface area contributed by atoms with E-state index in [1.165, 1.54) is 0 Å². The Balaban J connectivity index is 1.58. The number of amides is 2. The third kappa shape index (κ3) is 4.17. The van der Waals surface area contributed by atoms with E-state index >= 15 is 0 Å². The normalized spacial score (nSPS) is 21.6. The van der Waals surface area contributed by atoms with Crippen molar-refractivity contribution in [2.75, 3.05) is 30.8 Å². The number of hydrogen-bond acceptors (Lipinski definition) is 7. The summed E-state index contributed by atoms with van der Waals surface area (Å²) in [4.78, 5) is 28.1. The van der Waals surface area contributed by atoms with Gasteiger partial charge < -0.3 is 20.4 Å². The molecule has 1 saturated heterocycles. The second-order valence-corrected chi connectivity index (χ2v) is 10.8. The number of aromatic amines is 1. The molecule has 2 amide bonds. The van der Waals surface area contributed by atoms with Gasteiger partial charge in [0.05, 0.1) is 24.0 Å². The molecule has 2 aromatic heterocycles. The largest absolute Gasteiger partial charge is 0.352 e. The molecule has 2 aromatic rings. The molecule has 0 radical (unpaired) electrons. The zero-order chi connectivity index (χ0) is 25.0. The average molecular weight is 474 g/mol. The maximum Gasteiger partial charge on any atom is 0.321 e. The van der Waals surface area contributed by atoms with Gasteiger partial charge in [-0.25, -0.2) is 14.2 Å². The summed E-state index contributed by atoms with van der Waals surface area (Å²) in [7, 11) is 2.10. The van der Waals surface area contributed by atoms with Gasteiger partial charge in [-0.15, -0.1) is 0 Å². The summed E-state index contributed by atoms with van der Waals surface area (Å²) in [5.74, 6) is 0.238. The van der Waals surface area contributed by atoms with E-state index in [1.54, 1.807) is 0 Å². The van der Waals surface area contributed by atoms with Crippen LogP contribution < -0.4 is 10.6 Å². The van der Waals surface area contributed by atoms with Gasteiger partial charge in [0.2, 0.25) is 5.95 Å². The van der Waals surface area contributed by atoms with Crippen LogP contribution in [0.3, 0.4) is 0 Å². The van der Waals surface area contributed by atoms with Crippen molar-refractivity contribution in [3.8, 4) is 0 Å². The lowest BCUT2D eigenvalue weighted by atomic mass is 9.96. The molecule has 1 fully saturated rings. The molecule has 4 rings (SSSR count). The summed E-state index contributed by atoms with van der Waals surface area (Å²) in [6.45, 7) is 16.1. The van der Waals surface area contributed by atoms with Gasteiger partial charge in [-0.05, 0) is 55.5 Å². The first kappa shape index (κ1) is 24.2. The molecule has 0 aromatic carbocycles. The van der Waals surface area contributed by atoms with Crippen molar-refractivity contribution in [1.82, 2.24) is 34.9 Å². The second kappa shape index (κ2) is 8.37. The summed E-state index contributed by atoms with van der Waals surface area (Å²) < 4.78 is 14.5. The highest BCUT2D eigenvalue weighted by molar-refractivity contribution is 5.78. The Labute approximate surface area is 200 Å². The standard InChI is InChI=1S/C23H36FN9O/c1-13(2)26-20-25-9-16(24)19(28-20)27-18-15-11-33(23(6,7)17(15)29-30-18)21(34)32-12-22(4,5)31(8)10-14(32)3/h9,13-14H,10-12H2,1-8H3,(H3,25,26,27,28,29,30)/t14-/m0/s1. The van der Waals surface area contributed by atoms with Crippen LogP contribution in [0, 0.1) is 5.82 Å². The highest BCUT2D eigenvalue weighted by atomic mass is 19.1. The van der Waals surface area contributed by atoms with Crippen LogP contribution in [0.25, 0.3) is 0 Å². The third-order valence-corrected chi connectivity index (χ3v) is 7.01. The molecule has 10 nitrogen and oxygen atoms in total. The first-order chi connectivity index (χ1) is 15.8. The zero-order valence-corrected chi connectivity index (χ0v) is 21.3. The van der Waals surface area contributed by atoms with Gasteiger partial charge in [0.25, 0.3) is 0 Å². The third-order valence-electron chi connectivity index (χ3n) is 7.01. The van der Waals surface area contributed by atoms with Crippen molar-refractivity contribution < 1.29 is 9.18 Å². The van der Waals surface area contributed by atoms with E-state index in [-0.39, 0.29) is 29.5 Å². The number of likely N-dealkylation sites (N-methyl/N-ethyl adjacent to an activating group) is 1. The number of urea groups is 1. The fourth-order valence-electron chi connectivity index (χ4n) is 4.67. The number of nitrogens with zero attached hydrogens (tertiary/aromatic N) is 6. The van der Waals surface area contributed by atoms with Crippen LogP contribution in [0.2, 0.25) is 0 Å². The minimum Gasteiger partial charge on any atom is -0.352 e. The van der Waals surface area contributed by atoms with Gasteiger partial charge in [-0.1, -0.05) is 0 Å². The Kier molecular flexibility index (Phi) is 5.95. The van der Waals surface area contributed by atoms with Gasteiger partial charge in [0.1, 0.15) is 0 Å². The van der Waals surface area contributed by atoms with Gasteiger partial charge in [-0.2, -0.15) is 10.1 Å². The highest BCUT2D eigenvalue weighted by Gasteiger charge is 2.47. The fraction of sp³-hybridized carbons (Fsp3) is 0.652. The van der Waals surface area contributed by atoms with Crippen LogP contribution in [-0.2, 0) is 12.1 Å². The minimum absolute atomic E-state index is 0.00846. The number of rotatable bonds is 4. The smallest absolute Gasteiger partial charge is 0.321 e. The lowest BCUT2D eigenvalue weighted by molar-refractivity contribution is 0.00695. The van der Waals surface area contributed by atoms with Crippen molar-refractivity contribution >= 4 is 23.6 Å². The minimum atomic E-state index is -0.596. The summed E-state index contributed by atoms with van der Waals surface area (Å²) in [5, 5.41) is 13.5. The number of fused-ring (bicyclic) bond motifs is 1. The van der Waals surface area contributed by atoms with Crippen molar-refractivity contribution in [1.29, 1.82) is 0 Å². The van der Waals surface area contributed by atoms with E-state index < -0.39 is 11.4 Å². The van der Waals surface area contributed by atoms with E-state index in [0.717, 1.165) is 24.0 Å². The summed E-state index contributed by atoms with van der Waals surface area (Å²) in [5.41, 5.74) is 0.956. The van der Waals surface area contributed by atoms with E-state index in [2.05, 4.69) is 63.5 Å². The highest BCUT2D eigenvalue weighted by Crippen LogP contribution is 2.42. The topological polar surface area (TPSA) is 105 Å². The molecule has 11 heteroatoms. The Morgan fingerprint density at radius 2 is 1.97 bits per heavy atom. The van der Waals surface area contributed by atoms with E-state index in [9.17, 15) is 9.18 Å². The maximum atomic E-state index is 14.5. The lowest BCUT2D eigenvalue weighted by Gasteiger charge is -2.50. The number of aromatic nitrogens is 4. The monoisotopic (exact) mass is 473 g/mol. The molecule has 0 unspecified atom stereocenters. The predicted octanol–water partition coefficient (Wildman–Crippen LogP) is 3.49.